The Morgan fingerprint density at radius 2 is 2.08 bits per heavy atom. The van der Waals surface area contributed by atoms with Crippen molar-refractivity contribution in [2.45, 2.75) is 52.1 Å². The van der Waals surface area contributed by atoms with E-state index in [9.17, 15) is 4.79 Å². The van der Waals surface area contributed by atoms with Crippen LogP contribution in [0.1, 0.15) is 47.8 Å². The summed E-state index contributed by atoms with van der Waals surface area (Å²) in [7, 11) is 0. The largest absolute Gasteiger partial charge is 0.348 e. The van der Waals surface area contributed by atoms with Gasteiger partial charge in [-0.1, -0.05) is 37.3 Å². The summed E-state index contributed by atoms with van der Waals surface area (Å²) in [5, 5.41) is 7.66. The Labute approximate surface area is 156 Å². The summed E-state index contributed by atoms with van der Waals surface area (Å²) in [6.07, 6.45) is 6.14. The van der Waals surface area contributed by atoms with Crippen LogP contribution in [-0.4, -0.2) is 46.3 Å². The summed E-state index contributed by atoms with van der Waals surface area (Å²) >= 11 is 0. The number of carbonyl (C=O) groups is 1. The third kappa shape index (κ3) is 4.94. The average molecular weight is 354 g/mol. The lowest BCUT2D eigenvalue weighted by molar-refractivity contribution is 0.0903. The van der Waals surface area contributed by atoms with E-state index in [1.807, 2.05) is 17.8 Å². The van der Waals surface area contributed by atoms with E-state index in [1.165, 1.54) is 5.56 Å². The van der Waals surface area contributed by atoms with Gasteiger partial charge in [-0.25, -0.2) is 0 Å². The molecule has 1 amide bonds. The Bertz CT molecular complexity index is 710. The number of carbonyl (C=O) groups excluding carboxylic acids is 1. The Kier molecular flexibility index (Phi) is 6.45. The molecule has 1 fully saturated rings. The van der Waals surface area contributed by atoms with Crippen molar-refractivity contribution in [2.75, 3.05) is 19.6 Å². The molecule has 1 N–H and O–H groups in total. The lowest BCUT2D eigenvalue weighted by Gasteiger charge is -2.33. The first-order valence-corrected chi connectivity index (χ1v) is 9.77. The molecule has 1 aliphatic heterocycles. The molecule has 3 rings (SSSR count). The fourth-order valence-electron chi connectivity index (χ4n) is 3.66. The van der Waals surface area contributed by atoms with Gasteiger partial charge in [-0.2, -0.15) is 5.10 Å². The van der Waals surface area contributed by atoms with Crippen LogP contribution in [0.2, 0.25) is 0 Å². The first-order valence-electron chi connectivity index (χ1n) is 9.77. The first kappa shape index (κ1) is 18.6. The van der Waals surface area contributed by atoms with Crippen molar-refractivity contribution in [3.63, 3.8) is 0 Å². The number of aryl methyl sites for hydroxylation is 2. The molecule has 0 saturated carbocycles. The minimum absolute atomic E-state index is 0.0137. The third-order valence-electron chi connectivity index (χ3n) is 5.04. The van der Waals surface area contributed by atoms with Gasteiger partial charge < -0.3 is 10.2 Å². The highest BCUT2D eigenvalue weighted by atomic mass is 16.1. The summed E-state index contributed by atoms with van der Waals surface area (Å²) in [5.74, 6) is 0.0137. The van der Waals surface area contributed by atoms with Gasteiger partial charge in [0.1, 0.15) is 0 Å². The Morgan fingerprint density at radius 3 is 2.85 bits per heavy atom. The van der Waals surface area contributed by atoms with Crippen LogP contribution in [0.25, 0.3) is 0 Å². The summed E-state index contributed by atoms with van der Waals surface area (Å²) in [4.78, 5) is 15.1. The maximum absolute atomic E-state index is 12.7. The number of piperidine rings is 1. The molecule has 1 aromatic heterocycles. The molecule has 1 aliphatic rings. The number of rotatable bonds is 7. The van der Waals surface area contributed by atoms with Gasteiger partial charge in [0, 0.05) is 31.9 Å². The van der Waals surface area contributed by atoms with Crippen LogP contribution in [0.4, 0.5) is 0 Å². The van der Waals surface area contributed by atoms with E-state index in [-0.39, 0.29) is 11.9 Å². The van der Waals surface area contributed by atoms with Crippen LogP contribution in [-0.2, 0) is 13.0 Å². The lowest BCUT2D eigenvalue weighted by atomic mass is 10.0. The van der Waals surface area contributed by atoms with Crippen molar-refractivity contribution >= 4 is 5.91 Å². The monoisotopic (exact) mass is 354 g/mol. The van der Waals surface area contributed by atoms with Crippen molar-refractivity contribution in [1.82, 2.24) is 20.0 Å². The van der Waals surface area contributed by atoms with Crippen molar-refractivity contribution < 1.29 is 4.79 Å². The number of hydrogen-bond acceptors (Lipinski definition) is 3. The number of nitrogens with zero attached hydrogens (tertiary/aromatic N) is 3. The van der Waals surface area contributed by atoms with Gasteiger partial charge in [0.2, 0.25) is 0 Å². The van der Waals surface area contributed by atoms with E-state index < -0.39 is 0 Å². The summed E-state index contributed by atoms with van der Waals surface area (Å²) in [6, 6.07) is 10.8. The van der Waals surface area contributed by atoms with Crippen LogP contribution in [0.3, 0.4) is 0 Å². The smallest absolute Gasteiger partial charge is 0.255 e. The normalized spacial score (nSPS) is 18.0. The van der Waals surface area contributed by atoms with E-state index in [1.54, 1.807) is 0 Å². The Morgan fingerprint density at radius 1 is 1.27 bits per heavy atom. The van der Waals surface area contributed by atoms with Crippen LogP contribution in [0.15, 0.2) is 36.5 Å². The molecule has 2 heterocycles. The zero-order valence-electron chi connectivity index (χ0n) is 15.9. The van der Waals surface area contributed by atoms with Crippen molar-refractivity contribution in [3.8, 4) is 0 Å². The second-order valence-electron chi connectivity index (χ2n) is 7.24. The van der Waals surface area contributed by atoms with Crippen LogP contribution >= 0.6 is 0 Å². The molecular weight excluding hydrogens is 324 g/mol. The highest BCUT2D eigenvalue weighted by Gasteiger charge is 2.23. The number of nitrogens with one attached hydrogen (secondary N) is 1. The fraction of sp³-hybridized carbons (Fsp3) is 0.524. The van der Waals surface area contributed by atoms with Crippen molar-refractivity contribution in [2.24, 2.45) is 0 Å². The first-order chi connectivity index (χ1) is 12.7. The Balaban J connectivity index is 1.52. The second kappa shape index (κ2) is 8.99. The van der Waals surface area contributed by atoms with E-state index in [2.05, 4.69) is 52.6 Å². The zero-order chi connectivity index (χ0) is 18.4. The lowest BCUT2D eigenvalue weighted by Crippen LogP contribution is -2.48. The van der Waals surface area contributed by atoms with Crippen LogP contribution in [0, 0.1) is 6.92 Å². The number of benzene rings is 1. The molecule has 0 spiro atoms. The highest BCUT2D eigenvalue weighted by molar-refractivity contribution is 5.95. The van der Waals surface area contributed by atoms with E-state index in [0.717, 1.165) is 57.6 Å². The minimum atomic E-state index is 0.0137. The van der Waals surface area contributed by atoms with E-state index >= 15 is 0 Å². The van der Waals surface area contributed by atoms with E-state index in [0.29, 0.717) is 5.56 Å². The molecular formula is C21H30N4O. The van der Waals surface area contributed by atoms with Gasteiger partial charge in [0.25, 0.3) is 5.91 Å². The van der Waals surface area contributed by atoms with Gasteiger partial charge in [-0.05, 0) is 44.7 Å². The second-order valence-corrected chi connectivity index (χ2v) is 7.24. The zero-order valence-corrected chi connectivity index (χ0v) is 15.9. The Hall–Kier alpha value is -2.14. The average Bonchev–Trinajstić information content (AvgIpc) is 3.02. The summed E-state index contributed by atoms with van der Waals surface area (Å²) in [6.45, 7) is 7.97. The third-order valence-corrected chi connectivity index (χ3v) is 5.04. The van der Waals surface area contributed by atoms with Gasteiger partial charge >= 0.3 is 0 Å². The number of amides is 1. The van der Waals surface area contributed by atoms with E-state index in [4.69, 9.17) is 0 Å². The van der Waals surface area contributed by atoms with Gasteiger partial charge in [0.15, 0.2) is 0 Å². The number of hydrogen-bond donors (Lipinski definition) is 1. The van der Waals surface area contributed by atoms with Crippen molar-refractivity contribution in [3.05, 3.63) is 53.3 Å². The van der Waals surface area contributed by atoms with Crippen molar-refractivity contribution in [1.29, 1.82) is 0 Å². The molecule has 1 unspecified atom stereocenters. The SMILES string of the molecule is CCCn1cc(C(=O)NC2CCCN(CCc3ccccc3)C2)c(C)n1. The molecule has 0 aliphatic carbocycles. The molecule has 5 nitrogen and oxygen atoms in total. The molecule has 26 heavy (non-hydrogen) atoms. The van der Waals surface area contributed by atoms with Gasteiger partial charge in [-0.3, -0.25) is 9.48 Å². The quantitative estimate of drug-likeness (QED) is 0.831. The van der Waals surface area contributed by atoms with Gasteiger partial charge in [-0.15, -0.1) is 0 Å². The van der Waals surface area contributed by atoms with Crippen LogP contribution in [0.5, 0.6) is 0 Å². The molecule has 1 saturated heterocycles. The minimum Gasteiger partial charge on any atom is -0.348 e. The maximum Gasteiger partial charge on any atom is 0.255 e. The van der Waals surface area contributed by atoms with Gasteiger partial charge in [0.05, 0.1) is 11.3 Å². The maximum atomic E-state index is 12.7. The summed E-state index contributed by atoms with van der Waals surface area (Å²) in [5.41, 5.74) is 2.89. The summed E-state index contributed by atoms with van der Waals surface area (Å²) < 4.78 is 1.87. The predicted molar refractivity (Wildman–Crippen MR) is 104 cm³/mol. The highest BCUT2D eigenvalue weighted by Crippen LogP contribution is 2.13. The fourth-order valence-corrected chi connectivity index (χ4v) is 3.66. The molecule has 1 atom stereocenters. The number of aromatic nitrogens is 2. The molecule has 5 heteroatoms. The number of likely N-dealkylation sites (tertiary alicyclic amines) is 1. The standard InChI is InChI=1S/C21H30N4O/c1-3-12-25-16-20(17(2)23-25)21(26)22-19-10-7-13-24(15-19)14-11-18-8-5-4-6-9-18/h4-6,8-9,16,19H,3,7,10-15H2,1-2H3,(H,22,26). The molecule has 1 aromatic carbocycles. The molecule has 0 radical (unpaired) electrons. The molecule has 0 bridgehead atoms. The molecule has 140 valence electrons. The topological polar surface area (TPSA) is 50.2 Å². The predicted octanol–water partition coefficient (Wildman–Crippen LogP) is 3.04. The molecule has 2 aromatic rings. The van der Waals surface area contributed by atoms with Crippen LogP contribution < -0.4 is 5.32 Å².